The van der Waals surface area contributed by atoms with Crippen LogP contribution in [0.15, 0.2) is 42.6 Å². The van der Waals surface area contributed by atoms with Crippen molar-refractivity contribution in [2.45, 2.75) is 12.2 Å². The topological polar surface area (TPSA) is 54.9 Å². The van der Waals surface area contributed by atoms with Gasteiger partial charge in [0.15, 0.2) is 0 Å². The Labute approximate surface area is 116 Å². The van der Waals surface area contributed by atoms with Crippen molar-refractivity contribution in [3.05, 3.63) is 53.9 Å². The Morgan fingerprint density at radius 3 is 2.63 bits per heavy atom. The number of nitrogens with zero attached hydrogens (tertiary/aromatic N) is 2. The second kappa shape index (κ2) is 6.33. The first-order chi connectivity index (χ1) is 9.20. The number of nitrogens with one attached hydrogen (secondary N) is 1. The van der Waals surface area contributed by atoms with Crippen molar-refractivity contribution in [3.8, 4) is 0 Å². The summed E-state index contributed by atoms with van der Waals surface area (Å²) in [7, 11) is 0. The number of aryl methyl sites for hydroxylation is 1. The van der Waals surface area contributed by atoms with E-state index in [1.807, 2.05) is 43.5 Å². The van der Waals surface area contributed by atoms with E-state index in [1.165, 1.54) is 11.8 Å². The molecule has 0 spiro atoms. The molecule has 1 amide bonds. The lowest BCUT2D eigenvalue weighted by Gasteiger charge is -2.14. The van der Waals surface area contributed by atoms with Crippen LogP contribution in [0.3, 0.4) is 0 Å². The van der Waals surface area contributed by atoms with Crippen LogP contribution in [0.5, 0.6) is 0 Å². The standard InChI is InChI=1S/C14H15N3OS/c1-10-8-9-15-14(16-10)17-13(18)12(19-2)11-6-4-3-5-7-11/h3-9,12H,1-2H3,(H,15,16,17,18)/t12-/m1/s1. The second-order valence-electron chi connectivity index (χ2n) is 4.04. The van der Waals surface area contributed by atoms with E-state index in [1.54, 1.807) is 12.3 Å². The normalized spacial score (nSPS) is 11.9. The van der Waals surface area contributed by atoms with E-state index in [-0.39, 0.29) is 11.2 Å². The molecule has 0 radical (unpaired) electrons. The van der Waals surface area contributed by atoms with E-state index in [0.29, 0.717) is 5.95 Å². The Balaban J connectivity index is 2.14. The summed E-state index contributed by atoms with van der Waals surface area (Å²) >= 11 is 1.49. The highest BCUT2D eigenvalue weighted by molar-refractivity contribution is 7.99. The van der Waals surface area contributed by atoms with Crippen molar-refractivity contribution in [3.63, 3.8) is 0 Å². The monoisotopic (exact) mass is 273 g/mol. The van der Waals surface area contributed by atoms with Crippen molar-refractivity contribution in [2.75, 3.05) is 11.6 Å². The first kappa shape index (κ1) is 13.5. The first-order valence-electron chi connectivity index (χ1n) is 5.89. The van der Waals surface area contributed by atoms with Gasteiger partial charge < -0.3 is 0 Å². The molecule has 0 aliphatic rings. The van der Waals surface area contributed by atoms with Crippen molar-refractivity contribution in [2.24, 2.45) is 0 Å². The highest BCUT2D eigenvalue weighted by Gasteiger charge is 2.19. The number of aromatic nitrogens is 2. The van der Waals surface area contributed by atoms with E-state index in [4.69, 9.17) is 0 Å². The van der Waals surface area contributed by atoms with Crippen LogP contribution < -0.4 is 5.32 Å². The number of carbonyl (C=O) groups excluding carboxylic acids is 1. The molecule has 1 atom stereocenters. The Hall–Kier alpha value is -1.88. The molecule has 0 saturated heterocycles. The summed E-state index contributed by atoms with van der Waals surface area (Å²) in [6.07, 6.45) is 3.54. The molecule has 98 valence electrons. The molecule has 1 aromatic heterocycles. The molecule has 0 saturated carbocycles. The zero-order valence-corrected chi connectivity index (χ0v) is 11.6. The largest absolute Gasteiger partial charge is 0.293 e. The molecule has 19 heavy (non-hydrogen) atoms. The second-order valence-corrected chi connectivity index (χ2v) is 4.98. The molecule has 2 aromatic rings. The number of hydrogen-bond donors (Lipinski definition) is 1. The van der Waals surface area contributed by atoms with E-state index in [9.17, 15) is 4.79 Å². The zero-order chi connectivity index (χ0) is 13.7. The fraction of sp³-hybridized carbons (Fsp3) is 0.214. The molecule has 5 heteroatoms. The lowest BCUT2D eigenvalue weighted by molar-refractivity contribution is -0.115. The highest BCUT2D eigenvalue weighted by Crippen LogP contribution is 2.27. The summed E-state index contributed by atoms with van der Waals surface area (Å²) in [6.45, 7) is 1.86. The quantitative estimate of drug-likeness (QED) is 0.930. The Morgan fingerprint density at radius 2 is 2.00 bits per heavy atom. The fourth-order valence-electron chi connectivity index (χ4n) is 1.71. The molecule has 4 nitrogen and oxygen atoms in total. The average molecular weight is 273 g/mol. The van der Waals surface area contributed by atoms with Crippen LogP contribution in [-0.2, 0) is 4.79 Å². The molecule has 0 fully saturated rings. The number of benzene rings is 1. The summed E-state index contributed by atoms with van der Waals surface area (Å²) in [6, 6.07) is 11.5. The SMILES string of the molecule is CS[C@@H](C(=O)Nc1nccc(C)n1)c1ccccc1. The summed E-state index contributed by atoms with van der Waals surface area (Å²) in [5.74, 6) is 0.240. The Bertz CT molecular complexity index is 560. The first-order valence-corrected chi connectivity index (χ1v) is 7.18. The maximum Gasteiger partial charge on any atom is 0.244 e. The molecule has 1 heterocycles. The molecule has 0 bridgehead atoms. The Kier molecular flexibility index (Phi) is 4.52. The Morgan fingerprint density at radius 1 is 1.26 bits per heavy atom. The van der Waals surface area contributed by atoms with Crippen molar-refractivity contribution in [1.82, 2.24) is 9.97 Å². The van der Waals surface area contributed by atoms with Gasteiger partial charge in [-0.15, -0.1) is 11.8 Å². The third-order valence-electron chi connectivity index (χ3n) is 2.61. The average Bonchev–Trinajstić information content (AvgIpc) is 2.41. The number of amides is 1. The third-order valence-corrected chi connectivity index (χ3v) is 3.56. The van der Waals surface area contributed by atoms with Crippen LogP contribution in [0.4, 0.5) is 5.95 Å². The van der Waals surface area contributed by atoms with Gasteiger partial charge in [-0.3, -0.25) is 10.1 Å². The van der Waals surface area contributed by atoms with Crippen molar-refractivity contribution < 1.29 is 4.79 Å². The van der Waals surface area contributed by atoms with Gasteiger partial charge in [0.2, 0.25) is 11.9 Å². The number of rotatable bonds is 4. The highest BCUT2D eigenvalue weighted by atomic mass is 32.2. The van der Waals surface area contributed by atoms with Crippen LogP contribution in [-0.4, -0.2) is 22.1 Å². The van der Waals surface area contributed by atoms with Gasteiger partial charge in [-0.1, -0.05) is 30.3 Å². The molecule has 0 aliphatic heterocycles. The van der Waals surface area contributed by atoms with Crippen LogP contribution in [0.1, 0.15) is 16.5 Å². The van der Waals surface area contributed by atoms with Gasteiger partial charge in [0.1, 0.15) is 5.25 Å². The number of anilines is 1. The predicted molar refractivity (Wildman–Crippen MR) is 78.1 cm³/mol. The van der Waals surface area contributed by atoms with Gasteiger partial charge >= 0.3 is 0 Å². The van der Waals surface area contributed by atoms with E-state index >= 15 is 0 Å². The van der Waals surface area contributed by atoms with Gasteiger partial charge in [-0.25, -0.2) is 9.97 Å². The summed E-state index contributed by atoms with van der Waals surface area (Å²) in [5.41, 5.74) is 1.80. The number of carbonyl (C=O) groups is 1. The minimum absolute atomic E-state index is 0.107. The number of thioether (sulfide) groups is 1. The summed E-state index contributed by atoms with van der Waals surface area (Å²) in [4.78, 5) is 20.5. The van der Waals surface area contributed by atoms with E-state index < -0.39 is 0 Å². The lowest BCUT2D eigenvalue weighted by atomic mass is 10.1. The van der Waals surface area contributed by atoms with Crippen LogP contribution >= 0.6 is 11.8 Å². The maximum atomic E-state index is 12.2. The van der Waals surface area contributed by atoms with Crippen LogP contribution in [0, 0.1) is 6.92 Å². The minimum atomic E-state index is -0.259. The lowest BCUT2D eigenvalue weighted by Crippen LogP contribution is -2.20. The minimum Gasteiger partial charge on any atom is -0.293 e. The van der Waals surface area contributed by atoms with Gasteiger partial charge in [0.05, 0.1) is 0 Å². The third kappa shape index (κ3) is 3.54. The molecular weight excluding hydrogens is 258 g/mol. The molecule has 1 N–H and O–H groups in total. The summed E-state index contributed by atoms with van der Waals surface area (Å²) < 4.78 is 0. The maximum absolute atomic E-state index is 12.2. The number of hydrogen-bond acceptors (Lipinski definition) is 4. The molecule has 1 aromatic carbocycles. The predicted octanol–water partition coefficient (Wildman–Crippen LogP) is 2.83. The van der Waals surface area contributed by atoms with Crippen LogP contribution in [0.25, 0.3) is 0 Å². The van der Waals surface area contributed by atoms with Crippen molar-refractivity contribution in [1.29, 1.82) is 0 Å². The molecule has 0 aliphatic carbocycles. The fourth-order valence-corrected chi connectivity index (χ4v) is 2.41. The van der Waals surface area contributed by atoms with Crippen LogP contribution in [0.2, 0.25) is 0 Å². The molecule has 2 rings (SSSR count). The van der Waals surface area contributed by atoms with E-state index in [0.717, 1.165) is 11.3 Å². The summed E-state index contributed by atoms with van der Waals surface area (Å²) in [5, 5.41) is 2.49. The molecule has 0 unspecified atom stereocenters. The van der Waals surface area contributed by atoms with E-state index in [2.05, 4.69) is 15.3 Å². The van der Waals surface area contributed by atoms with Gasteiger partial charge in [0, 0.05) is 11.9 Å². The smallest absolute Gasteiger partial charge is 0.244 e. The zero-order valence-electron chi connectivity index (χ0n) is 10.8. The van der Waals surface area contributed by atoms with Gasteiger partial charge in [0.25, 0.3) is 0 Å². The van der Waals surface area contributed by atoms with Crippen molar-refractivity contribution >= 4 is 23.6 Å². The molecular formula is C14H15N3OS. The van der Waals surface area contributed by atoms with Gasteiger partial charge in [-0.2, -0.15) is 0 Å². The van der Waals surface area contributed by atoms with Gasteiger partial charge in [-0.05, 0) is 24.8 Å².